The van der Waals surface area contributed by atoms with Crippen LogP contribution in [0.4, 0.5) is 0 Å². The Morgan fingerprint density at radius 3 is 2.71 bits per heavy atom. The average molecular weight is 190 g/mol. The first-order chi connectivity index (χ1) is 6.68. The van der Waals surface area contributed by atoms with E-state index < -0.39 is 11.6 Å². The van der Waals surface area contributed by atoms with Crippen LogP contribution in [0.15, 0.2) is 39.5 Å². The minimum absolute atomic E-state index is 0.0307. The lowest BCUT2D eigenvalue weighted by Crippen LogP contribution is -2.05. The minimum Gasteiger partial charge on any atom is -0.478 e. The van der Waals surface area contributed by atoms with Gasteiger partial charge in [0.25, 0.3) is 0 Å². The highest BCUT2D eigenvalue weighted by molar-refractivity contribution is 6.01. The van der Waals surface area contributed by atoms with Crippen molar-refractivity contribution in [3.05, 3.63) is 46.3 Å². The van der Waals surface area contributed by atoms with Gasteiger partial charge in [0.05, 0.1) is 5.56 Å². The highest BCUT2D eigenvalue weighted by atomic mass is 16.4. The van der Waals surface area contributed by atoms with Crippen LogP contribution < -0.4 is 5.63 Å². The quantitative estimate of drug-likeness (QED) is 0.691. The number of hydrogen-bond acceptors (Lipinski definition) is 3. The molecule has 0 spiro atoms. The predicted molar refractivity (Wildman–Crippen MR) is 49.4 cm³/mol. The number of carbonyl (C=O) groups is 1. The summed E-state index contributed by atoms with van der Waals surface area (Å²) in [5.74, 6) is -1.13. The van der Waals surface area contributed by atoms with Gasteiger partial charge in [0.1, 0.15) is 5.58 Å². The molecule has 0 saturated carbocycles. The second kappa shape index (κ2) is 2.99. The van der Waals surface area contributed by atoms with Crippen LogP contribution >= 0.6 is 0 Å². The van der Waals surface area contributed by atoms with Gasteiger partial charge in [-0.2, -0.15) is 0 Å². The molecule has 0 radical (unpaired) electrons. The molecule has 1 aromatic heterocycles. The first-order valence-corrected chi connectivity index (χ1v) is 3.94. The summed E-state index contributed by atoms with van der Waals surface area (Å²) in [6.07, 6.45) is 0. The third kappa shape index (κ3) is 1.26. The third-order valence-corrected chi connectivity index (χ3v) is 1.88. The van der Waals surface area contributed by atoms with Crippen molar-refractivity contribution in [1.82, 2.24) is 0 Å². The topological polar surface area (TPSA) is 67.5 Å². The molecule has 0 aliphatic rings. The van der Waals surface area contributed by atoms with Gasteiger partial charge in [0, 0.05) is 11.5 Å². The Bertz CT molecular complexity index is 553. The largest absolute Gasteiger partial charge is 0.478 e. The van der Waals surface area contributed by atoms with Crippen LogP contribution in [-0.4, -0.2) is 11.1 Å². The zero-order chi connectivity index (χ0) is 10.1. The molecule has 0 aliphatic carbocycles. The van der Waals surface area contributed by atoms with Crippen molar-refractivity contribution >= 4 is 16.9 Å². The van der Waals surface area contributed by atoms with E-state index in [1.165, 1.54) is 0 Å². The number of fused-ring (bicyclic) bond motifs is 1. The summed E-state index contributed by atoms with van der Waals surface area (Å²) >= 11 is 0. The maximum Gasteiger partial charge on any atom is 0.337 e. The molecule has 0 fully saturated rings. The zero-order valence-electron chi connectivity index (χ0n) is 7.06. The molecular formula is C10H6O4. The first kappa shape index (κ1) is 8.50. The molecule has 1 heterocycles. The number of aromatic carboxylic acids is 1. The fraction of sp³-hybridized carbons (Fsp3) is 0. The Kier molecular flexibility index (Phi) is 1.81. The predicted octanol–water partition coefficient (Wildman–Crippen LogP) is 1.49. The molecule has 4 heteroatoms. The van der Waals surface area contributed by atoms with E-state index >= 15 is 0 Å². The van der Waals surface area contributed by atoms with E-state index in [-0.39, 0.29) is 11.1 Å². The smallest absolute Gasteiger partial charge is 0.337 e. The summed E-state index contributed by atoms with van der Waals surface area (Å²) in [6, 6.07) is 7.50. The normalized spacial score (nSPS) is 10.3. The van der Waals surface area contributed by atoms with Gasteiger partial charge < -0.3 is 9.52 Å². The minimum atomic E-state index is -1.13. The van der Waals surface area contributed by atoms with Crippen molar-refractivity contribution in [3.8, 4) is 0 Å². The van der Waals surface area contributed by atoms with E-state index in [2.05, 4.69) is 0 Å². The number of benzene rings is 1. The van der Waals surface area contributed by atoms with Gasteiger partial charge in [-0.3, -0.25) is 0 Å². The summed E-state index contributed by atoms with van der Waals surface area (Å²) in [5, 5.41) is 9.26. The van der Waals surface area contributed by atoms with Crippen LogP contribution in [0.25, 0.3) is 11.0 Å². The van der Waals surface area contributed by atoms with Gasteiger partial charge in [-0.15, -0.1) is 0 Å². The van der Waals surface area contributed by atoms with Gasteiger partial charge in [-0.1, -0.05) is 18.2 Å². The average Bonchev–Trinajstić information content (AvgIpc) is 2.16. The van der Waals surface area contributed by atoms with Crippen LogP contribution in [0.2, 0.25) is 0 Å². The third-order valence-electron chi connectivity index (χ3n) is 1.88. The summed E-state index contributed by atoms with van der Waals surface area (Å²) < 4.78 is 4.83. The van der Waals surface area contributed by atoms with E-state index in [4.69, 9.17) is 9.52 Å². The van der Waals surface area contributed by atoms with E-state index in [0.717, 1.165) is 6.07 Å². The fourth-order valence-corrected chi connectivity index (χ4v) is 1.29. The molecule has 0 bridgehead atoms. The summed E-state index contributed by atoms with van der Waals surface area (Å²) in [7, 11) is 0. The maximum atomic E-state index is 11.0. The number of para-hydroxylation sites is 1. The molecule has 14 heavy (non-hydrogen) atoms. The SMILES string of the molecule is O=C(O)c1cc(=O)oc2ccccc12. The van der Waals surface area contributed by atoms with Crippen LogP contribution in [-0.2, 0) is 0 Å². The second-order valence-electron chi connectivity index (χ2n) is 2.78. The Morgan fingerprint density at radius 2 is 2.00 bits per heavy atom. The van der Waals surface area contributed by atoms with E-state index in [9.17, 15) is 9.59 Å². The first-order valence-electron chi connectivity index (χ1n) is 3.94. The van der Waals surface area contributed by atoms with Crippen LogP contribution in [0.3, 0.4) is 0 Å². The lowest BCUT2D eigenvalue weighted by Gasteiger charge is -1.98. The highest BCUT2D eigenvalue weighted by Crippen LogP contribution is 2.15. The molecule has 2 aromatic rings. The van der Waals surface area contributed by atoms with Gasteiger partial charge >= 0.3 is 11.6 Å². The van der Waals surface area contributed by atoms with Gasteiger partial charge in [0.15, 0.2) is 0 Å². The number of rotatable bonds is 1. The molecule has 70 valence electrons. The summed E-state index contributed by atoms with van der Waals surface area (Å²) in [6.45, 7) is 0. The number of carboxylic acid groups (broad SMARTS) is 1. The fourth-order valence-electron chi connectivity index (χ4n) is 1.29. The molecular weight excluding hydrogens is 184 g/mol. The van der Waals surface area contributed by atoms with Crippen LogP contribution in [0, 0.1) is 0 Å². The van der Waals surface area contributed by atoms with Crippen molar-refractivity contribution in [1.29, 1.82) is 0 Å². The molecule has 0 saturated heterocycles. The summed E-state index contributed by atoms with van der Waals surface area (Å²) in [4.78, 5) is 21.8. The van der Waals surface area contributed by atoms with Crippen molar-refractivity contribution < 1.29 is 14.3 Å². The molecule has 0 atom stereocenters. The Balaban J connectivity index is 2.94. The number of hydrogen-bond donors (Lipinski definition) is 1. The molecule has 0 aliphatic heterocycles. The lowest BCUT2D eigenvalue weighted by atomic mass is 10.1. The molecule has 1 aromatic carbocycles. The van der Waals surface area contributed by atoms with Crippen molar-refractivity contribution in [3.63, 3.8) is 0 Å². The van der Waals surface area contributed by atoms with E-state index in [1.54, 1.807) is 24.3 Å². The van der Waals surface area contributed by atoms with Crippen LogP contribution in [0.5, 0.6) is 0 Å². The Labute approximate surface area is 78.4 Å². The van der Waals surface area contributed by atoms with Gasteiger partial charge in [0.2, 0.25) is 0 Å². The van der Waals surface area contributed by atoms with Crippen molar-refractivity contribution in [2.24, 2.45) is 0 Å². The molecule has 2 rings (SSSR count). The summed E-state index contributed by atoms with van der Waals surface area (Å²) in [5.41, 5.74) is -0.393. The molecule has 1 N–H and O–H groups in total. The molecule has 0 unspecified atom stereocenters. The van der Waals surface area contributed by atoms with Gasteiger partial charge in [-0.05, 0) is 6.07 Å². The monoisotopic (exact) mass is 190 g/mol. The van der Waals surface area contributed by atoms with Crippen molar-refractivity contribution in [2.45, 2.75) is 0 Å². The zero-order valence-corrected chi connectivity index (χ0v) is 7.06. The lowest BCUT2D eigenvalue weighted by molar-refractivity contribution is 0.0698. The van der Waals surface area contributed by atoms with Gasteiger partial charge in [-0.25, -0.2) is 9.59 Å². The van der Waals surface area contributed by atoms with E-state index in [1.807, 2.05) is 0 Å². The highest BCUT2D eigenvalue weighted by Gasteiger charge is 2.10. The number of carboxylic acids is 1. The van der Waals surface area contributed by atoms with Crippen LogP contribution in [0.1, 0.15) is 10.4 Å². The maximum absolute atomic E-state index is 11.0. The molecule has 0 amide bonds. The standard InChI is InChI=1S/C10H6O4/c11-9-5-7(10(12)13)6-3-1-2-4-8(6)14-9/h1-5H,(H,12,13). The van der Waals surface area contributed by atoms with Crippen molar-refractivity contribution in [2.75, 3.05) is 0 Å². The molecule has 4 nitrogen and oxygen atoms in total. The van der Waals surface area contributed by atoms with E-state index in [0.29, 0.717) is 5.39 Å². The second-order valence-corrected chi connectivity index (χ2v) is 2.78. The Morgan fingerprint density at radius 1 is 1.29 bits per heavy atom. The Hall–Kier alpha value is -2.10.